The Balaban J connectivity index is 2.94. The van der Waals surface area contributed by atoms with Gasteiger partial charge in [-0.1, -0.05) is 5.57 Å². The number of hydrogen-bond donors (Lipinski definition) is 0. The van der Waals surface area contributed by atoms with E-state index in [1.165, 1.54) is 0 Å². The highest BCUT2D eigenvalue weighted by molar-refractivity contribution is 4.87. The average molecular weight is 125 g/mol. The summed E-state index contributed by atoms with van der Waals surface area (Å²) >= 11 is 0. The van der Waals surface area contributed by atoms with Crippen LogP contribution in [-0.4, -0.2) is 6.61 Å². The number of rotatable bonds is 4. The molecule has 0 fully saturated rings. The summed E-state index contributed by atoms with van der Waals surface area (Å²) in [4.78, 5) is 0. The lowest BCUT2D eigenvalue weighted by molar-refractivity contribution is 0.265. The van der Waals surface area contributed by atoms with Crippen LogP contribution in [0.2, 0.25) is 0 Å². The molecule has 0 bridgehead atoms. The van der Waals surface area contributed by atoms with Crippen molar-refractivity contribution in [2.24, 2.45) is 0 Å². The largest absolute Gasteiger partial charge is 0.428 e. The molecule has 9 heavy (non-hydrogen) atoms. The predicted molar refractivity (Wildman–Crippen MR) is 35.6 cm³/mol. The van der Waals surface area contributed by atoms with E-state index in [0.717, 1.165) is 18.4 Å². The van der Waals surface area contributed by atoms with Crippen molar-refractivity contribution in [2.75, 3.05) is 6.61 Å². The number of allylic oxidation sites excluding steroid dienone is 1. The topological polar surface area (TPSA) is 33.0 Å². The second-order valence-electron chi connectivity index (χ2n) is 2.00. The molecule has 0 unspecified atom stereocenters. The first-order valence-electron chi connectivity index (χ1n) is 2.92. The van der Waals surface area contributed by atoms with E-state index in [2.05, 4.69) is 11.3 Å². The van der Waals surface area contributed by atoms with Crippen LogP contribution < -0.4 is 0 Å². The minimum Gasteiger partial charge on any atom is -0.428 e. The van der Waals surface area contributed by atoms with Crippen LogP contribution >= 0.6 is 0 Å². The summed E-state index contributed by atoms with van der Waals surface area (Å²) in [5.74, 6) is 0. The van der Waals surface area contributed by atoms with Crippen molar-refractivity contribution in [2.45, 2.75) is 19.8 Å². The Kier molecular flexibility index (Phi) is 4.61. The molecule has 0 aliphatic rings. The number of nitriles is 1. The standard InChI is InChI=1S/C7H11NO/c1-7(2)4-3-5-9-6-8/h1,3-5H2,2H3. The zero-order valence-corrected chi connectivity index (χ0v) is 5.68. The maximum Gasteiger partial charge on any atom is 0.286 e. The Morgan fingerprint density at radius 3 is 2.89 bits per heavy atom. The average Bonchev–Trinajstić information content (AvgIpc) is 1.80. The normalized spacial score (nSPS) is 8.00. The number of nitrogens with zero attached hydrogens (tertiary/aromatic N) is 1. The SMILES string of the molecule is C=C(C)CCCOC#N. The molecule has 0 radical (unpaired) electrons. The van der Waals surface area contributed by atoms with Gasteiger partial charge in [0.25, 0.3) is 6.26 Å². The van der Waals surface area contributed by atoms with Gasteiger partial charge in [0.15, 0.2) is 0 Å². The lowest BCUT2D eigenvalue weighted by atomic mass is 10.2. The van der Waals surface area contributed by atoms with Crippen molar-refractivity contribution < 1.29 is 4.74 Å². The lowest BCUT2D eigenvalue weighted by Crippen LogP contribution is -1.87. The Morgan fingerprint density at radius 2 is 2.44 bits per heavy atom. The van der Waals surface area contributed by atoms with Crippen molar-refractivity contribution in [3.05, 3.63) is 12.2 Å². The van der Waals surface area contributed by atoms with Crippen LogP contribution in [0.1, 0.15) is 19.8 Å². The van der Waals surface area contributed by atoms with Crippen LogP contribution in [0.4, 0.5) is 0 Å². The molecule has 0 heterocycles. The molecular formula is C7H11NO. The lowest BCUT2D eigenvalue weighted by Gasteiger charge is -1.95. The van der Waals surface area contributed by atoms with Gasteiger partial charge in [-0.2, -0.15) is 5.26 Å². The van der Waals surface area contributed by atoms with Gasteiger partial charge >= 0.3 is 0 Å². The molecule has 0 saturated carbocycles. The van der Waals surface area contributed by atoms with Gasteiger partial charge in [0.1, 0.15) is 6.61 Å². The fraction of sp³-hybridized carbons (Fsp3) is 0.571. The quantitative estimate of drug-likeness (QED) is 0.326. The molecule has 0 rings (SSSR count). The smallest absolute Gasteiger partial charge is 0.286 e. The minimum atomic E-state index is 0.517. The van der Waals surface area contributed by atoms with E-state index in [1.54, 1.807) is 6.26 Å². The summed E-state index contributed by atoms with van der Waals surface area (Å²) < 4.78 is 4.45. The molecule has 0 spiro atoms. The summed E-state index contributed by atoms with van der Waals surface area (Å²) in [6, 6.07) is 0. The summed E-state index contributed by atoms with van der Waals surface area (Å²) in [5.41, 5.74) is 1.14. The molecule has 50 valence electrons. The summed E-state index contributed by atoms with van der Waals surface area (Å²) in [6.07, 6.45) is 3.45. The fourth-order valence-corrected chi connectivity index (χ4v) is 0.492. The Hall–Kier alpha value is -0.970. The predicted octanol–water partition coefficient (Wildman–Crippen LogP) is 1.84. The first-order valence-corrected chi connectivity index (χ1v) is 2.92. The summed E-state index contributed by atoms with van der Waals surface area (Å²) in [5, 5.41) is 7.94. The molecule has 0 atom stereocenters. The van der Waals surface area contributed by atoms with Crippen LogP contribution in [0.15, 0.2) is 12.2 Å². The summed E-state index contributed by atoms with van der Waals surface area (Å²) in [7, 11) is 0. The van der Waals surface area contributed by atoms with Crippen molar-refractivity contribution >= 4 is 0 Å². The van der Waals surface area contributed by atoms with Crippen LogP contribution in [0.25, 0.3) is 0 Å². The molecule has 0 aliphatic carbocycles. The van der Waals surface area contributed by atoms with E-state index in [-0.39, 0.29) is 0 Å². The van der Waals surface area contributed by atoms with Crippen molar-refractivity contribution in [3.63, 3.8) is 0 Å². The molecule has 0 amide bonds. The van der Waals surface area contributed by atoms with Crippen molar-refractivity contribution in [1.29, 1.82) is 5.26 Å². The van der Waals surface area contributed by atoms with E-state index < -0.39 is 0 Å². The van der Waals surface area contributed by atoms with Gasteiger partial charge in [-0.25, -0.2) is 0 Å². The Morgan fingerprint density at radius 1 is 1.78 bits per heavy atom. The third kappa shape index (κ3) is 7.03. The van der Waals surface area contributed by atoms with Gasteiger partial charge in [0.05, 0.1) is 0 Å². The molecule has 2 heteroatoms. The van der Waals surface area contributed by atoms with Crippen LogP contribution in [0.3, 0.4) is 0 Å². The van der Waals surface area contributed by atoms with E-state index >= 15 is 0 Å². The molecule has 0 aromatic rings. The van der Waals surface area contributed by atoms with Crippen molar-refractivity contribution in [1.82, 2.24) is 0 Å². The Labute approximate surface area is 55.7 Å². The summed E-state index contributed by atoms with van der Waals surface area (Å²) in [6.45, 7) is 6.20. The number of ether oxygens (including phenoxy) is 1. The van der Waals surface area contributed by atoms with Crippen LogP contribution in [-0.2, 0) is 4.74 Å². The monoisotopic (exact) mass is 125 g/mol. The third-order valence-electron chi connectivity index (χ3n) is 0.915. The minimum absolute atomic E-state index is 0.517. The first kappa shape index (κ1) is 8.03. The van der Waals surface area contributed by atoms with Gasteiger partial charge in [0, 0.05) is 0 Å². The highest BCUT2D eigenvalue weighted by Crippen LogP contribution is 1.99. The highest BCUT2D eigenvalue weighted by Gasteiger charge is 1.86. The zero-order chi connectivity index (χ0) is 7.11. The maximum absolute atomic E-state index is 7.94. The van der Waals surface area contributed by atoms with Gasteiger partial charge in [-0.15, -0.1) is 6.58 Å². The van der Waals surface area contributed by atoms with E-state index in [0.29, 0.717) is 6.61 Å². The van der Waals surface area contributed by atoms with E-state index in [4.69, 9.17) is 5.26 Å². The molecule has 0 aromatic carbocycles. The van der Waals surface area contributed by atoms with Crippen LogP contribution in [0, 0.1) is 11.5 Å². The molecule has 2 nitrogen and oxygen atoms in total. The van der Waals surface area contributed by atoms with Gasteiger partial charge in [-0.3, -0.25) is 0 Å². The molecular weight excluding hydrogens is 114 g/mol. The fourth-order valence-electron chi connectivity index (χ4n) is 0.492. The molecule has 0 aliphatic heterocycles. The van der Waals surface area contributed by atoms with Gasteiger partial charge < -0.3 is 4.74 Å². The third-order valence-corrected chi connectivity index (χ3v) is 0.915. The highest BCUT2D eigenvalue weighted by atomic mass is 16.5. The Bertz CT molecular complexity index is 123. The van der Waals surface area contributed by atoms with Crippen LogP contribution in [0.5, 0.6) is 0 Å². The van der Waals surface area contributed by atoms with E-state index in [9.17, 15) is 0 Å². The maximum atomic E-state index is 7.94. The molecule has 0 aromatic heterocycles. The second-order valence-corrected chi connectivity index (χ2v) is 2.00. The van der Waals surface area contributed by atoms with E-state index in [1.807, 2.05) is 6.92 Å². The van der Waals surface area contributed by atoms with Crippen molar-refractivity contribution in [3.8, 4) is 6.26 Å². The first-order chi connectivity index (χ1) is 4.27. The number of hydrogen-bond acceptors (Lipinski definition) is 2. The van der Waals surface area contributed by atoms with Gasteiger partial charge in [0.2, 0.25) is 0 Å². The second kappa shape index (κ2) is 5.17. The zero-order valence-electron chi connectivity index (χ0n) is 5.68. The molecule has 0 N–H and O–H groups in total. The molecule has 0 saturated heterocycles. The van der Waals surface area contributed by atoms with Gasteiger partial charge in [-0.05, 0) is 19.8 Å².